The van der Waals surface area contributed by atoms with Gasteiger partial charge in [0, 0.05) is 5.57 Å². The smallest absolute Gasteiger partial charge is 0.333 e. The number of aryl methyl sites for hydroxylation is 1. The largest absolute Gasteiger partial charge is 0.491 e. The molecule has 1 aromatic carbocycles. The molecule has 1 N–H and O–H groups in total. The van der Waals surface area contributed by atoms with Crippen molar-refractivity contribution in [1.82, 2.24) is 0 Å². The van der Waals surface area contributed by atoms with Crippen molar-refractivity contribution in [2.24, 2.45) is 0 Å². The second-order valence-electron chi connectivity index (χ2n) is 8.26. The third-order valence-corrected chi connectivity index (χ3v) is 4.99. The first kappa shape index (κ1) is 27.7. The highest BCUT2D eigenvalue weighted by molar-refractivity contribution is 5.86. The first-order valence-electron chi connectivity index (χ1n) is 12.0. The van der Waals surface area contributed by atoms with Gasteiger partial charge in [-0.2, -0.15) is 0 Å². The van der Waals surface area contributed by atoms with E-state index < -0.39 is 12.1 Å². The number of aliphatic hydroxyl groups is 1. The van der Waals surface area contributed by atoms with Crippen molar-refractivity contribution in [2.75, 3.05) is 13.2 Å². The van der Waals surface area contributed by atoms with E-state index >= 15 is 0 Å². The molecule has 0 bridgehead atoms. The lowest BCUT2D eigenvalue weighted by Gasteiger charge is -2.13. The zero-order valence-corrected chi connectivity index (χ0v) is 20.1. The van der Waals surface area contributed by atoms with Crippen LogP contribution in [0.5, 0.6) is 5.75 Å². The summed E-state index contributed by atoms with van der Waals surface area (Å²) < 4.78 is 10.6. The first-order chi connectivity index (χ1) is 15.5. The maximum atomic E-state index is 11.4. The van der Waals surface area contributed by atoms with Crippen LogP contribution in [0.1, 0.15) is 77.2 Å². The molecule has 32 heavy (non-hydrogen) atoms. The normalized spacial score (nSPS) is 12.3. The Labute approximate surface area is 195 Å². The molecule has 0 heterocycles. The lowest BCUT2D eigenvalue weighted by atomic mass is 10.0. The van der Waals surface area contributed by atoms with Crippen LogP contribution in [0.4, 0.5) is 0 Å². The molecule has 1 atom stereocenters. The van der Waals surface area contributed by atoms with Crippen LogP contribution in [0.3, 0.4) is 0 Å². The summed E-state index contributed by atoms with van der Waals surface area (Å²) in [5.41, 5.74) is 1.55. The fraction of sp³-hybridized carbons (Fsp3) is 0.536. The number of hydrogen-bond donors (Lipinski definition) is 1. The third kappa shape index (κ3) is 14.6. The van der Waals surface area contributed by atoms with E-state index in [1.54, 1.807) is 6.92 Å². The standard InChI is InChI=1S/C28H42O4/c1-4-5-6-7-8-9-10-11-12-13-14-15-16-18-25-19-17-20-27(21-25)31-22-26(29)23-32-28(30)24(2)3/h6-7,9-10,17,19-21,26,29H,2,4-5,8,11-16,18,22-23H2,1,3H3/b7-6-,10-9-. The lowest BCUT2D eigenvalue weighted by molar-refractivity contribution is -0.142. The van der Waals surface area contributed by atoms with E-state index in [9.17, 15) is 9.90 Å². The Morgan fingerprint density at radius 2 is 1.75 bits per heavy atom. The summed E-state index contributed by atoms with van der Waals surface area (Å²) in [6.07, 6.45) is 20.1. The van der Waals surface area contributed by atoms with Crippen LogP contribution in [0.25, 0.3) is 0 Å². The molecular weight excluding hydrogens is 400 g/mol. The fourth-order valence-corrected chi connectivity index (χ4v) is 3.12. The molecule has 0 spiro atoms. The maximum Gasteiger partial charge on any atom is 0.333 e. The molecule has 0 amide bonds. The number of hydrogen-bond acceptors (Lipinski definition) is 4. The molecule has 0 saturated heterocycles. The molecular formula is C28H42O4. The van der Waals surface area contributed by atoms with Gasteiger partial charge in [0.15, 0.2) is 0 Å². The van der Waals surface area contributed by atoms with E-state index in [0.717, 1.165) is 18.6 Å². The van der Waals surface area contributed by atoms with Gasteiger partial charge in [-0.05, 0) is 63.1 Å². The average Bonchev–Trinajstić information content (AvgIpc) is 2.79. The monoisotopic (exact) mass is 442 g/mol. The molecule has 1 aromatic rings. The van der Waals surface area contributed by atoms with Crippen molar-refractivity contribution in [3.63, 3.8) is 0 Å². The van der Waals surface area contributed by atoms with Crippen LogP contribution in [-0.4, -0.2) is 30.4 Å². The topological polar surface area (TPSA) is 55.8 Å². The van der Waals surface area contributed by atoms with E-state index in [1.165, 1.54) is 56.9 Å². The summed E-state index contributed by atoms with van der Waals surface area (Å²) in [4.78, 5) is 11.4. The van der Waals surface area contributed by atoms with Crippen LogP contribution in [0.2, 0.25) is 0 Å². The highest BCUT2D eigenvalue weighted by Gasteiger charge is 2.10. The molecule has 1 unspecified atom stereocenters. The molecule has 0 aromatic heterocycles. The van der Waals surface area contributed by atoms with E-state index in [4.69, 9.17) is 9.47 Å². The number of benzene rings is 1. The van der Waals surface area contributed by atoms with Gasteiger partial charge in [0.25, 0.3) is 0 Å². The molecule has 0 aliphatic carbocycles. The highest BCUT2D eigenvalue weighted by atomic mass is 16.5. The van der Waals surface area contributed by atoms with Crippen LogP contribution in [0.15, 0.2) is 60.7 Å². The number of unbranched alkanes of at least 4 members (excludes halogenated alkanes) is 6. The van der Waals surface area contributed by atoms with Crippen molar-refractivity contribution in [2.45, 2.75) is 84.2 Å². The van der Waals surface area contributed by atoms with E-state index in [-0.39, 0.29) is 13.2 Å². The second kappa shape index (κ2) is 18.3. The fourth-order valence-electron chi connectivity index (χ4n) is 3.12. The summed E-state index contributed by atoms with van der Waals surface area (Å²) in [7, 11) is 0. The Morgan fingerprint density at radius 3 is 2.50 bits per heavy atom. The van der Waals surface area contributed by atoms with Crippen molar-refractivity contribution in [3.8, 4) is 5.75 Å². The summed E-state index contributed by atoms with van der Waals surface area (Å²) in [5, 5.41) is 9.91. The first-order valence-corrected chi connectivity index (χ1v) is 12.0. The Morgan fingerprint density at radius 1 is 1.03 bits per heavy atom. The van der Waals surface area contributed by atoms with E-state index in [1.807, 2.05) is 18.2 Å². The molecule has 0 aliphatic heterocycles. The molecule has 0 radical (unpaired) electrons. The molecule has 0 aliphatic rings. The molecule has 4 nitrogen and oxygen atoms in total. The number of esters is 1. The number of carbonyl (C=O) groups is 1. The van der Waals surface area contributed by atoms with Gasteiger partial charge in [-0.25, -0.2) is 4.79 Å². The summed E-state index contributed by atoms with van der Waals surface area (Å²) in [6, 6.07) is 7.98. The molecule has 178 valence electrons. The van der Waals surface area contributed by atoms with E-state index in [2.05, 4.69) is 43.9 Å². The van der Waals surface area contributed by atoms with Crippen LogP contribution < -0.4 is 4.74 Å². The summed E-state index contributed by atoms with van der Waals surface area (Å²) in [6.45, 7) is 7.27. The van der Waals surface area contributed by atoms with Gasteiger partial charge in [-0.3, -0.25) is 0 Å². The Bertz CT molecular complexity index is 705. The van der Waals surface area contributed by atoms with E-state index in [0.29, 0.717) is 5.57 Å². The molecule has 4 heteroatoms. The second-order valence-corrected chi connectivity index (χ2v) is 8.26. The number of ether oxygens (including phenoxy) is 2. The van der Waals surface area contributed by atoms with Crippen molar-refractivity contribution >= 4 is 5.97 Å². The quantitative estimate of drug-likeness (QED) is 0.118. The highest BCUT2D eigenvalue weighted by Crippen LogP contribution is 2.17. The van der Waals surface area contributed by atoms with Gasteiger partial charge in [-0.1, -0.05) is 75.6 Å². The predicted molar refractivity (Wildman–Crippen MR) is 133 cm³/mol. The number of allylic oxidation sites excluding steroid dienone is 4. The minimum atomic E-state index is -0.866. The van der Waals surface area contributed by atoms with Gasteiger partial charge < -0.3 is 14.6 Å². The Hall–Kier alpha value is -2.33. The number of aliphatic hydroxyl groups excluding tert-OH is 1. The van der Waals surface area contributed by atoms with Crippen LogP contribution in [0, 0.1) is 0 Å². The number of rotatable bonds is 18. The minimum absolute atomic E-state index is 0.0798. The van der Waals surface area contributed by atoms with Gasteiger partial charge in [0.2, 0.25) is 0 Å². The number of carbonyl (C=O) groups excluding carboxylic acids is 1. The summed E-state index contributed by atoms with van der Waals surface area (Å²) >= 11 is 0. The van der Waals surface area contributed by atoms with Gasteiger partial charge in [0.1, 0.15) is 25.1 Å². The van der Waals surface area contributed by atoms with Crippen molar-refractivity contribution < 1.29 is 19.4 Å². The van der Waals surface area contributed by atoms with Crippen molar-refractivity contribution in [3.05, 3.63) is 66.3 Å². The van der Waals surface area contributed by atoms with Gasteiger partial charge in [0.05, 0.1) is 0 Å². The van der Waals surface area contributed by atoms with Gasteiger partial charge >= 0.3 is 5.97 Å². The molecule has 0 fully saturated rings. The zero-order valence-electron chi connectivity index (χ0n) is 20.1. The van der Waals surface area contributed by atoms with Gasteiger partial charge in [-0.15, -0.1) is 0 Å². The SMILES string of the molecule is C=C(C)C(=O)OCC(O)COc1cccc(CCCCCCC/C=C\C/C=C\CCC)c1. The lowest BCUT2D eigenvalue weighted by Crippen LogP contribution is -2.25. The summed E-state index contributed by atoms with van der Waals surface area (Å²) in [5.74, 6) is 0.224. The maximum absolute atomic E-state index is 11.4. The van der Waals surface area contributed by atoms with Crippen LogP contribution >= 0.6 is 0 Å². The Balaban J connectivity index is 2.12. The third-order valence-electron chi connectivity index (χ3n) is 4.99. The minimum Gasteiger partial charge on any atom is -0.491 e. The predicted octanol–water partition coefficient (Wildman–Crippen LogP) is 6.73. The zero-order chi connectivity index (χ0) is 23.4. The van der Waals surface area contributed by atoms with Crippen LogP contribution in [-0.2, 0) is 16.0 Å². The van der Waals surface area contributed by atoms with Crippen molar-refractivity contribution in [1.29, 1.82) is 0 Å². The average molecular weight is 443 g/mol. The Kier molecular flexibility index (Phi) is 15.8. The molecule has 1 rings (SSSR count). The molecule has 0 saturated carbocycles.